The summed E-state index contributed by atoms with van der Waals surface area (Å²) in [5.74, 6) is 0.684. The lowest BCUT2D eigenvalue weighted by Gasteiger charge is -2.29. The molecule has 0 bridgehead atoms. The molecule has 1 aromatic carbocycles. The lowest BCUT2D eigenvalue weighted by molar-refractivity contribution is 0.404. The van der Waals surface area contributed by atoms with E-state index in [4.69, 9.17) is 0 Å². The Hall–Kier alpha value is -1.02. The lowest BCUT2D eigenvalue weighted by Crippen LogP contribution is -2.41. The van der Waals surface area contributed by atoms with Crippen molar-refractivity contribution in [3.63, 3.8) is 0 Å². The average Bonchev–Trinajstić information content (AvgIpc) is 2.50. The van der Waals surface area contributed by atoms with Crippen molar-refractivity contribution in [2.75, 3.05) is 18.0 Å². The van der Waals surface area contributed by atoms with Crippen molar-refractivity contribution in [3.8, 4) is 0 Å². The fraction of sp³-hybridized carbons (Fsp3) is 0.600. The number of rotatable bonds is 3. The predicted molar refractivity (Wildman–Crippen MR) is 74.4 cm³/mol. The molecule has 1 N–H and O–H groups in total. The summed E-state index contributed by atoms with van der Waals surface area (Å²) in [5.41, 5.74) is 2.86. The highest BCUT2D eigenvalue weighted by molar-refractivity contribution is 5.54. The van der Waals surface area contributed by atoms with E-state index in [1.807, 2.05) is 0 Å². The molecule has 17 heavy (non-hydrogen) atoms. The van der Waals surface area contributed by atoms with Gasteiger partial charge in [0.15, 0.2) is 0 Å². The number of nitrogens with zero attached hydrogens (tertiary/aromatic N) is 1. The van der Waals surface area contributed by atoms with Crippen LogP contribution in [0.3, 0.4) is 0 Å². The molecule has 0 radical (unpaired) electrons. The van der Waals surface area contributed by atoms with Crippen molar-refractivity contribution < 1.29 is 0 Å². The van der Waals surface area contributed by atoms with Gasteiger partial charge >= 0.3 is 0 Å². The van der Waals surface area contributed by atoms with Gasteiger partial charge in [0.25, 0.3) is 0 Å². The summed E-state index contributed by atoms with van der Waals surface area (Å²) in [6, 6.07) is 9.38. The molecule has 2 rings (SSSR count). The molecule has 1 atom stereocenters. The van der Waals surface area contributed by atoms with E-state index in [-0.39, 0.29) is 0 Å². The van der Waals surface area contributed by atoms with Gasteiger partial charge in [-0.15, -0.1) is 0 Å². The van der Waals surface area contributed by atoms with Gasteiger partial charge in [0, 0.05) is 31.4 Å². The smallest absolute Gasteiger partial charge is 0.0412 e. The zero-order valence-corrected chi connectivity index (χ0v) is 11.2. The van der Waals surface area contributed by atoms with Crippen LogP contribution < -0.4 is 10.2 Å². The van der Waals surface area contributed by atoms with Crippen molar-refractivity contribution in [2.45, 2.75) is 39.8 Å². The Balaban J connectivity index is 2.25. The van der Waals surface area contributed by atoms with Crippen molar-refractivity contribution in [1.29, 1.82) is 0 Å². The largest absolute Gasteiger partial charge is 0.370 e. The minimum atomic E-state index is 0.592. The molecule has 0 fully saturated rings. The topological polar surface area (TPSA) is 15.3 Å². The lowest BCUT2D eigenvalue weighted by atomic mass is 10.0. The first-order chi connectivity index (χ1) is 8.22. The van der Waals surface area contributed by atoms with Crippen molar-refractivity contribution in [3.05, 3.63) is 29.8 Å². The number of fused-ring (bicyclic) bond motifs is 1. The Labute approximate surface area is 105 Å². The van der Waals surface area contributed by atoms with Crippen LogP contribution in [0.15, 0.2) is 24.3 Å². The average molecular weight is 232 g/mol. The molecule has 2 nitrogen and oxygen atoms in total. The van der Waals surface area contributed by atoms with Crippen LogP contribution in [0.2, 0.25) is 0 Å². The number of benzene rings is 1. The van der Waals surface area contributed by atoms with Crippen LogP contribution in [0.4, 0.5) is 5.69 Å². The highest BCUT2D eigenvalue weighted by Gasteiger charge is 2.22. The molecule has 0 aromatic heterocycles. The molecule has 0 amide bonds. The molecule has 1 unspecified atom stereocenters. The van der Waals surface area contributed by atoms with Crippen LogP contribution >= 0.6 is 0 Å². The van der Waals surface area contributed by atoms with Crippen LogP contribution in [0.5, 0.6) is 0 Å². The Morgan fingerprint density at radius 2 is 2.12 bits per heavy atom. The second-order valence-electron chi connectivity index (χ2n) is 5.31. The van der Waals surface area contributed by atoms with E-state index in [0.29, 0.717) is 12.0 Å². The van der Waals surface area contributed by atoms with E-state index in [1.54, 1.807) is 0 Å². The van der Waals surface area contributed by atoms with Gasteiger partial charge in [-0.1, -0.05) is 39.0 Å². The number of anilines is 1. The highest BCUT2D eigenvalue weighted by Crippen LogP contribution is 2.24. The Kier molecular flexibility index (Phi) is 4.06. The molecule has 1 aliphatic rings. The summed E-state index contributed by atoms with van der Waals surface area (Å²) < 4.78 is 0. The molecule has 2 heteroatoms. The summed E-state index contributed by atoms with van der Waals surface area (Å²) >= 11 is 0. The second kappa shape index (κ2) is 5.54. The molecule has 1 aromatic rings. The van der Waals surface area contributed by atoms with Gasteiger partial charge in [-0.3, -0.25) is 0 Å². The van der Waals surface area contributed by atoms with Gasteiger partial charge < -0.3 is 10.2 Å². The number of nitrogens with one attached hydrogen (secondary N) is 1. The quantitative estimate of drug-likeness (QED) is 0.861. The maximum absolute atomic E-state index is 3.68. The number of para-hydroxylation sites is 1. The van der Waals surface area contributed by atoms with Crippen LogP contribution in [-0.4, -0.2) is 19.1 Å². The van der Waals surface area contributed by atoms with Crippen molar-refractivity contribution in [2.24, 2.45) is 5.92 Å². The van der Waals surface area contributed by atoms with Gasteiger partial charge in [0.1, 0.15) is 0 Å². The maximum atomic E-state index is 3.68. The van der Waals surface area contributed by atoms with E-state index >= 15 is 0 Å². The summed E-state index contributed by atoms with van der Waals surface area (Å²) in [7, 11) is 0. The first-order valence-electron chi connectivity index (χ1n) is 6.78. The molecule has 0 saturated carbocycles. The van der Waals surface area contributed by atoms with Crippen LogP contribution in [0.25, 0.3) is 0 Å². The second-order valence-corrected chi connectivity index (χ2v) is 5.31. The van der Waals surface area contributed by atoms with E-state index < -0.39 is 0 Å². The van der Waals surface area contributed by atoms with Gasteiger partial charge in [-0.25, -0.2) is 0 Å². The SMILES string of the molecule is CCCN1CC(C(C)C)NCc2ccccc21. The molecule has 0 saturated heterocycles. The maximum Gasteiger partial charge on any atom is 0.0412 e. The summed E-state index contributed by atoms with van der Waals surface area (Å²) in [6.07, 6.45) is 1.21. The van der Waals surface area contributed by atoms with E-state index in [0.717, 1.165) is 19.6 Å². The first-order valence-corrected chi connectivity index (χ1v) is 6.78. The van der Waals surface area contributed by atoms with Gasteiger partial charge in [-0.2, -0.15) is 0 Å². The van der Waals surface area contributed by atoms with Crippen molar-refractivity contribution in [1.82, 2.24) is 5.32 Å². The molecular weight excluding hydrogens is 208 g/mol. The Bertz CT molecular complexity index is 360. The highest BCUT2D eigenvalue weighted by atomic mass is 15.2. The Morgan fingerprint density at radius 3 is 2.82 bits per heavy atom. The fourth-order valence-corrected chi connectivity index (χ4v) is 2.54. The molecular formula is C15H24N2. The normalized spacial score (nSPS) is 20.2. The zero-order valence-electron chi connectivity index (χ0n) is 11.2. The number of hydrogen-bond acceptors (Lipinski definition) is 2. The monoisotopic (exact) mass is 232 g/mol. The summed E-state index contributed by atoms with van der Waals surface area (Å²) in [4.78, 5) is 2.54. The zero-order chi connectivity index (χ0) is 12.3. The minimum absolute atomic E-state index is 0.592. The van der Waals surface area contributed by atoms with Gasteiger partial charge in [-0.05, 0) is 24.0 Å². The molecule has 0 aliphatic carbocycles. The third-order valence-corrected chi connectivity index (χ3v) is 3.60. The van der Waals surface area contributed by atoms with E-state index in [9.17, 15) is 0 Å². The van der Waals surface area contributed by atoms with E-state index in [1.165, 1.54) is 17.7 Å². The molecule has 94 valence electrons. The Morgan fingerprint density at radius 1 is 1.35 bits per heavy atom. The standard InChI is InChI=1S/C15H24N2/c1-4-9-17-11-14(12(2)3)16-10-13-7-5-6-8-15(13)17/h5-8,12,14,16H,4,9-11H2,1-3H3. The predicted octanol–water partition coefficient (Wildman–Crippen LogP) is 3.03. The third kappa shape index (κ3) is 2.81. The van der Waals surface area contributed by atoms with Gasteiger partial charge in [0.2, 0.25) is 0 Å². The van der Waals surface area contributed by atoms with Crippen LogP contribution in [0.1, 0.15) is 32.8 Å². The van der Waals surface area contributed by atoms with Gasteiger partial charge in [0.05, 0.1) is 0 Å². The van der Waals surface area contributed by atoms with E-state index in [2.05, 4.69) is 55.3 Å². The number of hydrogen-bond donors (Lipinski definition) is 1. The molecule has 1 aliphatic heterocycles. The minimum Gasteiger partial charge on any atom is -0.370 e. The molecule has 0 spiro atoms. The van der Waals surface area contributed by atoms with Crippen molar-refractivity contribution >= 4 is 5.69 Å². The first kappa shape index (κ1) is 12.4. The van der Waals surface area contributed by atoms with Crippen LogP contribution in [0, 0.1) is 5.92 Å². The molecule has 1 heterocycles. The van der Waals surface area contributed by atoms with Crippen LogP contribution in [-0.2, 0) is 6.54 Å². The summed E-state index contributed by atoms with van der Waals surface area (Å²) in [6.45, 7) is 10.1. The summed E-state index contributed by atoms with van der Waals surface area (Å²) in [5, 5.41) is 3.68. The third-order valence-electron chi connectivity index (χ3n) is 3.60. The fourth-order valence-electron chi connectivity index (χ4n) is 2.54.